The van der Waals surface area contributed by atoms with E-state index < -0.39 is 11.7 Å². The van der Waals surface area contributed by atoms with E-state index >= 15 is 0 Å². The predicted molar refractivity (Wildman–Crippen MR) is 86.9 cm³/mol. The average Bonchev–Trinajstić information content (AvgIpc) is 2.44. The summed E-state index contributed by atoms with van der Waals surface area (Å²) < 4.78 is 11.3. The largest absolute Gasteiger partial charge is 0.508 e. The fourth-order valence-electron chi connectivity index (χ4n) is 1.88. The molecular weight excluding hydrogens is 280 g/mol. The van der Waals surface area contributed by atoms with Gasteiger partial charge in [-0.25, -0.2) is 4.79 Å². The number of phenols is 1. The molecule has 0 aliphatic carbocycles. The number of esters is 1. The van der Waals surface area contributed by atoms with Gasteiger partial charge in [-0.3, -0.25) is 0 Å². The molecule has 0 saturated carbocycles. The first-order valence-corrected chi connectivity index (χ1v) is 7.86. The molecule has 22 heavy (non-hydrogen) atoms. The highest BCUT2D eigenvalue weighted by Gasteiger charge is 2.29. The molecule has 0 aliphatic heterocycles. The van der Waals surface area contributed by atoms with Crippen molar-refractivity contribution in [1.82, 2.24) is 0 Å². The van der Waals surface area contributed by atoms with Crippen LogP contribution in [-0.4, -0.2) is 29.4 Å². The molecule has 1 atom stereocenters. The number of phenolic OH excluding ortho intramolecular Hbond substituents is 1. The molecule has 0 aliphatic rings. The van der Waals surface area contributed by atoms with Crippen molar-refractivity contribution in [2.75, 3.05) is 6.61 Å². The third-order valence-corrected chi connectivity index (χ3v) is 3.47. The van der Waals surface area contributed by atoms with Gasteiger partial charge in [0.2, 0.25) is 0 Å². The van der Waals surface area contributed by atoms with E-state index in [1.165, 1.54) is 0 Å². The number of rotatable bonds is 8. The Kier molecular flexibility index (Phi) is 6.88. The van der Waals surface area contributed by atoms with Crippen molar-refractivity contribution in [1.29, 1.82) is 0 Å². The smallest absolute Gasteiger partial charge is 0.335 e. The maximum Gasteiger partial charge on any atom is 0.335 e. The highest BCUT2D eigenvalue weighted by atomic mass is 16.6. The normalized spacial score (nSPS) is 13.2. The summed E-state index contributed by atoms with van der Waals surface area (Å²) in [5, 5.41) is 9.56. The average molecular weight is 308 g/mol. The molecule has 0 fully saturated rings. The van der Waals surface area contributed by atoms with Crippen LogP contribution in [-0.2, 0) is 20.7 Å². The molecule has 0 heterocycles. The topological polar surface area (TPSA) is 55.8 Å². The lowest BCUT2D eigenvalue weighted by Crippen LogP contribution is -2.38. The Hall–Kier alpha value is -1.55. The van der Waals surface area contributed by atoms with Crippen molar-refractivity contribution < 1.29 is 19.4 Å². The lowest BCUT2D eigenvalue weighted by Gasteiger charge is -2.29. The second kappa shape index (κ2) is 8.18. The minimum atomic E-state index is -0.671. The fourth-order valence-corrected chi connectivity index (χ4v) is 1.88. The minimum absolute atomic E-state index is 0.182. The molecule has 1 rings (SSSR count). The Morgan fingerprint density at radius 3 is 2.55 bits per heavy atom. The van der Waals surface area contributed by atoms with Gasteiger partial charge in [0.05, 0.1) is 12.2 Å². The molecule has 1 aromatic carbocycles. The summed E-state index contributed by atoms with van der Waals surface area (Å²) in [6, 6.07) is 6.87. The Bertz CT molecular complexity index is 480. The molecule has 0 bridgehead atoms. The van der Waals surface area contributed by atoms with E-state index in [9.17, 15) is 9.90 Å². The maximum absolute atomic E-state index is 12.3. The molecule has 0 saturated heterocycles. The first-order chi connectivity index (χ1) is 10.2. The highest BCUT2D eigenvalue weighted by Crippen LogP contribution is 2.21. The van der Waals surface area contributed by atoms with Crippen molar-refractivity contribution in [2.24, 2.45) is 5.92 Å². The predicted octanol–water partition coefficient (Wildman–Crippen LogP) is 3.71. The molecule has 0 aromatic heterocycles. The number of ether oxygens (including phenoxy) is 2. The van der Waals surface area contributed by atoms with Gasteiger partial charge in [-0.15, -0.1) is 0 Å². The Morgan fingerprint density at radius 2 is 2.00 bits per heavy atom. The van der Waals surface area contributed by atoms with E-state index in [1.54, 1.807) is 18.2 Å². The van der Waals surface area contributed by atoms with Crippen molar-refractivity contribution in [3.05, 3.63) is 29.8 Å². The molecule has 4 heteroatoms. The standard InChI is InChI=1S/C18H28O4/c1-6-18(4,5)22-16(17(20)21-12-13(2)3)11-14-8-7-9-15(19)10-14/h7-10,13,16,19H,6,11-12H2,1-5H3. The lowest BCUT2D eigenvalue weighted by molar-refractivity contribution is -0.169. The summed E-state index contributed by atoms with van der Waals surface area (Å²) in [6.07, 6.45) is 0.506. The third kappa shape index (κ3) is 6.48. The van der Waals surface area contributed by atoms with Crippen LogP contribution < -0.4 is 0 Å². The molecule has 1 unspecified atom stereocenters. The zero-order chi connectivity index (χ0) is 16.8. The van der Waals surface area contributed by atoms with Crippen molar-refractivity contribution >= 4 is 5.97 Å². The summed E-state index contributed by atoms with van der Waals surface area (Å²) in [7, 11) is 0. The van der Waals surface area contributed by atoms with Gasteiger partial charge >= 0.3 is 5.97 Å². The maximum atomic E-state index is 12.3. The van der Waals surface area contributed by atoms with E-state index in [0.717, 1.165) is 12.0 Å². The van der Waals surface area contributed by atoms with E-state index in [4.69, 9.17) is 9.47 Å². The first kappa shape index (κ1) is 18.5. The fraction of sp³-hybridized carbons (Fsp3) is 0.611. The van der Waals surface area contributed by atoms with E-state index in [0.29, 0.717) is 13.0 Å². The van der Waals surface area contributed by atoms with Crippen molar-refractivity contribution in [2.45, 2.75) is 59.2 Å². The van der Waals surface area contributed by atoms with Crippen LogP contribution >= 0.6 is 0 Å². The molecule has 0 spiro atoms. The minimum Gasteiger partial charge on any atom is -0.508 e. The molecule has 0 amide bonds. The van der Waals surface area contributed by atoms with E-state index in [1.807, 2.05) is 40.7 Å². The second-order valence-electron chi connectivity index (χ2n) is 6.62. The van der Waals surface area contributed by atoms with Gasteiger partial charge < -0.3 is 14.6 Å². The van der Waals surface area contributed by atoms with Crippen LogP contribution in [0.25, 0.3) is 0 Å². The zero-order valence-corrected chi connectivity index (χ0v) is 14.3. The van der Waals surface area contributed by atoms with Crippen LogP contribution in [0.4, 0.5) is 0 Å². The number of carbonyl (C=O) groups excluding carboxylic acids is 1. The Morgan fingerprint density at radius 1 is 1.32 bits per heavy atom. The number of carbonyl (C=O) groups is 1. The molecule has 124 valence electrons. The highest BCUT2D eigenvalue weighted by molar-refractivity contribution is 5.75. The lowest BCUT2D eigenvalue weighted by atomic mass is 10.0. The quantitative estimate of drug-likeness (QED) is 0.744. The third-order valence-electron chi connectivity index (χ3n) is 3.47. The summed E-state index contributed by atoms with van der Waals surface area (Å²) in [4.78, 5) is 12.3. The SMILES string of the molecule is CCC(C)(C)OC(Cc1cccc(O)c1)C(=O)OCC(C)C. The summed E-state index contributed by atoms with van der Waals surface area (Å²) in [5.41, 5.74) is 0.441. The molecule has 1 aromatic rings. The summed E-state index contributed by atoms with van der Waals surface area (Å²) in [6.45, 7) is 10.3. The van der Waals surface area contributed by atoms with E-state index in [2.05, 4.69) is 0 Å². The molecule has 1 N–H and O–H groups in total. The zero-order valence-electron chi connectivity index (χ0n) is 14.3. The van der Waals surface area contributed by atoms with Crippen LogP contribution in [0.2, 0.25) is 0 Å². The van der Waals surface area contributed by atoms with Crippen LogP contribution in [0, 0.1) is 5.92 Å². The van der Waals surface area contributed by atoms with Gasteiger partial charge in [0.1, 0.15) is 5.75 Å². The van der Waals surface area contributed by atoms with Gasteiger partial charge in [-0.1, -0.05) is 32.9 Å². The van der Waals surface area contributed by atoms with Crippen LogP contribution in [0.3, 0.4) is 0 Å². The molecule has 4 nitrogen and oxygen atoms in total. The van der Waals surface area contributed by atoms with Crippen LogP contribution in [0.5, 0.6) is 5.75 Å². The molecular formula is C18H28O4. The summed E-state index contributed by atoms with van der Waals surface area (Å²) in [5.74, 6) is 0.115. The number of hydrogen-bond acceptors (Lipinski definition) is 4. The van der Waals surface area contributed by atoms with Gasteiger partial charge in [0.25, 0.3) is 0 Å². The van der Waals surface area contributed by atoms with E-state index in [-0.39, 0.29) is 17.6 Å². The summed E-state index contributed by atoms with van der Waals surface area (Å²) >= 11 is 0. The van der Waals surface area contributed by atoms with Crippen molar-refractivity contribution in [3.63, 3.8) is 0 Å². The number of aromatic hydroxyl groups is 1. The van der Waals surface area contributed by atoms with Crippen LogP contribution in [0.15, 0.2) is 24.3 Å². The Balaban J connectivity index is 2.83. The van der Waals surface area contributed by atoms with Crippen LogP contribution in [0.1, 0.15) is 46.6 Å². The second-order valence-corrected chi connectivity index (χ2v) is 6.62. The Labute approximate surface area is 133 Å². The van der Waals surface area contributed by atoms with Gasteiger partial charge in [-0.2, -0.15) is 0 Å². The first-order valence-electron chi connectivity index (χ1n) is 7.86. The monoisotopic (exact) mass is 308 g/mol. The number of hydrogen-bond donors (Lipinski definition) is 1. The number of benzene rings is 1. The van der Waals surface area contributed by atoms with Gasteiger partial charge in [0, 0.05) is 6.42 Å². The molecule has 0 radical (unpaired) electrons. The van der Waals surface area contributed by atoms with Gasteiger partial charge in [0.15, 0.2) is 6.10 Å². The van der Waals surface area contributed by atoms with Gasteiger partial charge in [-0.05, 0) is 43.9 Å². The van der Waals surface area contributed by atoms with Crippen molar-refractivity contribution in [3.8, 4) is 5.75 Å².